The number of allylic oxidation sites excluding steroid dienone is 4. The van der Waals surface area contributed by atoms with Crippen LogP contribution in [0.2, 0.25) is 0 Å². The Labute approximate surface area is 107 Å². The van der Waals surface area contributed by atoms with E-state index in [9.17, 15) is 14.4 Å². The Hall–Kier alpha value is -1.97. The summed E-state index contributed by atoms with van der Waals surface area (Å²) in [6.07, 6.45) is 8.85. The zero-order chi connectivity index (χ0) is 13.8. The lowest BCUT2D eigenvalue weighted by molar-refractivity contribution is -0.144. The monoisotopic (exact) mass is 247 g/mol. The molecule has 0 radical (unpaired) electrons. The highest BCUT2D eigenvalue weighted by Gasteiger charge is 2.32. The fourth-order valence-corrected chi connectivity index (χ4v) is 1.61. The number of nitrogens with zero attached hydrogens (tertiary/aromatic N) is 1. The first-order valence-corrected chi connectivity index (χ1v) is 5.72. The summed E-state index contributed by atoms with van der Waals surface area (Å²) in [4.78, 5) is 35.3. The molecule has 0 aromatic carbocycles. The van der Waals surface area contributed by atoms with E-state index < -0.39 is 11.4 Å². The minimum absolute atomic E-state index is 0.406. The van der Waals surface area contributed by atoms with Crippen LogP contribution in [0.25, 0.3) is 0 Å². The predicted molar refractivity (Wildman–Crippen MR) is 68.7 cm³/mol. The third kappa shape index (κ3) is 2.83. The molecule has 0 saturated heterocycles. The highest BCUT2D eigenvalue weighted by atomic mass is 16.2. The van der Waals surface area contributed by atoms with Gasteiger partial charge in [-0.25, -0.2) is 0 Å². The second-order valence-electron chi connectivity index (χ2n) is 4.74. The number of imide groups is 1. The third-order valence-electron chi connectivity index (χ3n) is 2.86. The largest absolute Gasteiger partial charge is 0.301 e. The molecule has 0 saturated carbocycles. The van der Waals surface area contributed by atoms with E-state index in [1.165, 1.54) is 13.8 Å². The lowest BCUT2D eigenvalue weighted by Gasteiger charge is -2.29. The molecule has 0 aromatic rings. The van der Waals surface area contributed by atoms with Crippen molar-refractivity contribution in [3.05, 3.63) is 35.5 Å². The molecule has 1 aliphatic rings. The Balaban J connectivity index is 3.13. The summed E-state index contributed by atoms with van der Waals surface area (Å²) in [6.45, 7) is 4.89. The molecular formula is C14H17NO3. The number of carbonyl (C=O) groups excluding carboxylic acids is 3. The van der Waals surface area contributed by atoms with Gasteiger partial charge in [0.15, 0.2) is 0 Å². The summed E-state index contributed by atoms with van der Waals surface area (Å²) in [7, 11) is 0. The first-order valence-electron chi connectivity index (χ1n) is 5.72. The van der Waals surface area contributed by atoms with Crippen LogP contribution in [0, 0.1) is 0 Å². The molecule has 1 rings (SSSR count). The summed E-state index contributed by atoms with van der Waals surface area (Å²) in [6, 6.07) is 0. The maximum Gasteiger partial charge on any atom is 0.261 e. The van der Waals surface area contributed by atoms with Gasteiger partial charge in [-0.15, -0.1) is 0 Å². The van der Waals surface area contributed by atoms with E-state index in [-0.39, 0.29) is 0 Å². The van der Waals surface area contributed by atoms with Gasteiger partial charge in [0.05, 0.1) is 0 Å². The molecule has 1 aliphatic carbocycles. The Kier molecular flexibility index (Phi) is 4.37. The molecule has 96 valence electrons. The molecule has 0 bridgehead atoms. The highest BCUT2D eigenvalue weighted by Crippen LogP contribution is 2.20. The SMILES string of the molecule is CC1=C(C(=O)N(C=O)C(C)(C)C=O)C=CC=CC1. The van der Waals surface area contributed by atoms with Crippen LogP contribution in [0.5, 0.6) is 0 Å². The van der Waals surface area contributed by atoms with Gasteiger partial charge in [-0.1, -0.05) is 23.8 Å². The second-order valence-corrected chi connectivity index (χ2v) is 4.74. The van der Waals surface area contributed by atoms with E-state index in [1.807, 2.05) is 19.1 Å². The van der Waals surface area contributed by atoms with Crippen LogP contribution in [0.4, 0.5) is 0 Å². The van der Waals surface area contributed by atoms with E-state index >= 15 is 0 Å². The highest BCUT2D eigenvalue weighted by molar-refractivity contribution is 6.04. The van der Waals surface area contributed by atoms with Crippen molar-refractivity contribution in [2.75, 3.05) is 0 Å². The number of amides is 2. The number of hydrogen-bond donors (Lipinski definition) is 0. The number of aldehydes is 1. The molecule has 0 spiro atoms. The summed E-state index contributed by atoms with van der Waals surface area (Å²) in [5, 5.41) is 0. The lowest BCUT2D eigenvalue weighted by Crippen LogP contribution is -2.48. The number of hydrogen-bond acceptors (Lipinski definition) is 3. The third-order valence-corrected chi connectivity index (χ3v) is 2.86. The molecular weight excluding hydrogens is 230 g/mol. The van der Waals surface area contributed by atoms with Gasteiger partial charge in [0.2, 0.25) is 6.41 Å². The van der Waals surface area contributed by atoms with Crippen molar-refractivity contribution < 1.29 is 14.4 Å². The fraction of sp³-hybridized carbons (Fsp3) is 0.357. The van der Waals surface area contributed by atoms with E-state index in [4.69, 9.17) is 0 Å². The topological polar surface area (TPSA) is 54.5 Å². The fourth-order valence-electron chi connectivity index (χ4n) is 1.61. The van der Waals surface area contributed by atoms with Gasteiger partial charge in [0.1, 0.15) is 11.8 Å². The second kappa shape index (κ2) is 5.58. The molecule has 0 atom stereocenters. The number of carbonyl (C=O) groups is 3. The average Bonchev–Trinajstić information content (AvgIpc) is 2.54. The van der Waals surface area contributed by atoms with Crippen molar-refractivity contribution in [1.29, 1.82) is 0 Å². The van der Waals surface area contributed by atoms with Crippen LogP contribution >= 0.6 is 0 Å². The first kappa shape index (κ1) is 14.1. The first-order chi connectivity index (χ1) is 8.44. The Morgan fingerprint density at radius 1 is 1.33 bits per heavy atom. The number of rotatable bonds is 4. The summed E-state index contributed by atoms with van der Waals surface area (Å²) < 4.78 is 0. The molecule has 0 unspecified atom stereocenters. The van der Waals surface area contributed by atoms with Crippen LogP contribution in [-0.4, -0.2) is 29.0 Å². The Bertz CT molecular complexity index is 456. The van der Waals surface area contributed by atoms with Gasteiger partial charge in [0.25, 0.3) is 5.91 Å². The molecule has 4 nitrogen and oxygen atoms in total. The summed E-state index contributed by atoms with van der Waals surface area (Å²) in [5.41, 5.74) is 0.195. The summed E-state index contributed by atoms with van der Waals surface area (Å²) >= 11 is 0. The predicted octanol–water partition coefficient (Wildman–Crippen LogP) is 1.78. The van der Waals surface area contributed by atoms with Gasteiger partial charge in [-0.3, -0.25) is 14.5 Å². The maximum atomic E-state index is 12.3. The van der Waals surface area contributed by atoms with Crippen LogP contribution in [0.3, 0.4) is 0 Å². The van der Waals surface area contributed by atoms with Crippen LogP contribution in [0.15, 0.2) is 35.5 Å². The van der Waals surface area contributed by atoms with Gasteiger partial charge in [-0.05, 0) is 33.3 Å². The molecule has 0 aromatic heterocycles. The molecule has 4 heteroatoms. The van der Waals surface area contributed by atoms with Crippen LogP contribution in [-0.2, 0) is 14.4 Å². The van der Waals surface area contributed by atoms with Crippen molar-refractivity contribution in [3.63, 3.8) is 0 Å². The van der Waals surface area contributed by atoms with Crippen molar-refractivity contribution >= 4 is 18.6 Å². The minimum atomic E-state index is -1.14. The van der Waals surface area contributed by atoms with E-state index in [2.05, 4.69) is 0 Å². The average molecular weight is 247 g/mol. The Morgan fingerprint density at radius 2 is 2.00 bits per heavy atom. The van der Waals surface area contributed by atoms with Crippen LogP contribution < -0.4 is 0 Å². The molecule has 18 heavy (non-hydrogen) atoms. The van der Waals surface area contributed by atoms with Crippen molar-refractivity contribution in [2.45, 2.75) is 32.7 Å². The standard InChI is InChI=1S/C14H17NO3/c1-11-7-5-4-6-8-12(11)13(18)15(10-17)14(2,3)9-16/h4-6,8-10H,7H2,1-3H3. The smallest absolute Gasteiger partial charge is 0.261 e. The summed E-state index contributed by atoms with van der Waals surface area (Å²) in [5.74, 6) is -0.445. The van der Waals surface area contributed by atoms with Gasteiger partial charge in [-0.2, -0.15) is 0 Å². The molecule has 2 amide bonds. The zero-order valence-electron chi connectivity index (χ0n) is 10.8. The Morgan fingerprint density at radius 3 is 2.56 bits per heavy atom. The van der Waals surface area contributed by atoms with Gasteiger partial charge < -0.3 is 4.79 Å². The normalized spacial score (nSPS) is 15.3. The lowest BCUT2D eigenvalue weighted by atomic mass is 10.0. The van der Waals surface area contributed by atoms with E-state index in [0.29, 0.717) is 24.7 Å². The molecule has 0 N–H and O–H groups in total. The van der Waals surface area contributed by atoms with Crippen molar-refractivity contribution in [1.82, 2.24) is 4.90 Å². The van der Waals surface area contributed by atoms with Crippen molar-refractivity contribution in [3.8, 4) is 0 Å². The van der Waals surface area contributed by atoms with E-state index in [1.54, 1.807) is 12.2 Å². The molecule has 0 fully saturated rings. The minimum Gasteiger partial charge on any atom is -0.301 e. The van der Waals surface area contributed by atoms with Crippen LogP contribution in [0.1, 0.15) is 27.2 Å². The molecule has 0 heterocycles. The quantitative estimate of drug-likeness (QED) is 0.711. The maximum absolute atomic E-state index is 12.3. The van der Waals surface area contributed by atoms with E-state index in [0.717, 1.165) is 10.5 Å². The van der Waals surface area contributed by atoms with Crippen molar-refractivity contribution in [2.24, 2.45) is 0 Å². The van der Waals surface area contributed by atoms with Gasteiger partial charge >= 0.3 is 0 Å². The van der Waals surface area contributed by atoms with Gasteiger partial charge in [0, 0.05) is 5.57 Å². The zero-order valence-corrected chi connectivity index (χ0v) is 10.8. The molecule has 0 aliphatic heterocycles.